The summed E-state index contributed by atoms with van der Waals surface area (Å²) in [7, 11) is 1.91. The van der Waals surface area contributed by atoms with Crippen molar-refractivity contribution in [2.75, 3.05) is 13.1 Å². The maximum absolute atomic E-state index is 12.6. The fourth-order valence-corrected chi connectivity index (χ4v) is 3.64. The molecule has 4 rings (SSSR count). The zero-order valence-electron chi connectivity index (χ0n) is 14.4. The Morgan fingerprint density at radius 1 is 1.40 bits per heavy atom. The van der Waals surface area contributed by atoms with Crippen molar-refractivity contribution in [3.63, 3.8) is 0 Å². The topological polar surface area (TPSA) is 66.0 Å². The highest BCUT2D eigenvalue weighted by Crippen LogP contribution is 2.31. The zero-order chi connectivity index (χ0) is 17.2. The molecule has 0 bridgehead atoms. The Labute approximate surface area is 146 Å². The summed E-state index contributed by atoms with van der Waals surface area (Å²) in [6, 6.07) is 10.5. The van der Waals surface area contributed by atoms with Gasteiger partial charge in [-0.2, -0.15) is 5.10 Å². The van der Waals surface area contributed by atoms with E-state index < -0.39 is 0 Å². The van der Waals surface area contributed by atoms with Gasteiger partial charge in [-0.05, 0) is 30.4 Å². The summed E-state index contributed by atoms with van der Waals surface area (Å²) in [5.41, 5.74) is 3.40. The van der Waals surface area contributed by atoms with Crippen LogP contribution in [-0.2, 0) is 13.5 Å². The summed E-state index contributed by atoms with van der Waals surface area (Å²) in [4.78, 5) is 17.9. The molecule has 1 fully saturated rings. The van der Waals surface area contributed by atoms with Crippen LogP contribution in [0.15, 0.2) is 42.7 Å². The number of hydrogen-bond donors (Lipinski definition) is 2. The third-order valence-corrected chi connectivity index (χ3v) is 4.88. The maximum Gasteiger partial charge on any atom is 0.317 e. The van der Waals surface area contributed by atoms with E-state index in [4.69, 9.17) is 0 Å². The highest BCUT2D eigenvalue weighted by molar-refractivity contribution is 5.80. The monoisotopic (exact) mass is 337 g/mol. The molecule has 2 N–H and O–H groups in total. The van der Waals surface area contributed by atoms with Crippen LogP contribution in [0.2, 0.25) is 0 Å². The van der Waals surface area contributed by atoms with Crippen molar-refractivity contribution in [1.82, 2.24) is 25.0 Å². The van der Waals surface area contributed by atoms with Crippen molar-refractivity contribution in [2.24, 2.45) is 7.05 Å². The van der Waals surface area contributed by atoms with E-state index in [1.165, 1.54) is 5.39 Å². The molecule has 0 unspecified atom stereocenters. The first kappa shape index (κ1) is 15.7. The van der Waals surface area contributed by atoms with Gasteiger partial charge in [-0.15, -0.1) is 0 Å². The number of carbonyl (C=O) groups is 1. The van der Waals surface area contributed by atoms with E-state index in [0.717, 1.165) is 42.6 Å². The van der Waals surface area contributed by atoms with Gasteiger partial charge >= 0.3 is 6.03 Å². The van der Waals surface area contributed by atoms with Crippen LogP contribution in [0.1, 0.15) is 30.1 Å². The van der Waals surface area contributed by atoms with Gasteiger partial charge in [0.05, 0.1) is 12.2 Å². The number of fused-ring (bicyclic) bond motifs is 1. The second-order valence-corrected chi connectivity index (χ2v) is 6.66. The molecule has 3 aromatic rings. The molecular weight excluding hydrogens is 314 g/mol. The van der Waals surface area contributed by atoms with Crippen molar-refractivity contribution < 1.29 is 4.79 Å². The molecule has 130 valence electrons. The van der Waals surface area contributed by atoms with Crippen LogP contribution in [-0.4, -0.2) is 38.8 Å². The predicted octanol–water partition coefficient (Wildman–Crippen LogP) is 2.99. The molecular formula is C19H23N5O. The molecule has 0 saturated carbocycles. The van der Waals surface area contributed by atoms with Gasteiger partial charge < -0.3 is 15.2 Å². The number of hydrogen-bond acceptors (Lipinski definition) is 2. The number of aryl methyl sites for hydroxylation is 1. The average Bonchev–Trinajstić information content (AvgIpc) is 3.32. The van der Waals surface area contributed by atoms with Crippen LogP contribution in [0.3, 0.4) is 0 Å². The Kier molecular flexibility index (Phi) is 4.17. The lowest BCUT2D eigenvalue weighted by molar-refractivity contribution is 0.193. The first-order valence-electron chi connectivity index (χ1n) is 8.80. The molecule has 0 aliphatic carbocycles. The van der Waals surface area contributed by atoms with Crippen molar-refractivity contribution >= 4 is 16.9 Å². The van der Waals surface area contributed by atoms with Crippen molar-refractivity contribution in [3.8, 4) is 0 Å². The number of likely N-dealkylation sites (tertiary alicyclic amines) is 1. The van der Waals surface area contributed by atoms with E-state index in [1.54, 1.807) is 4.68 Å². The number of nitrogens with one attached hydrogen (secondary N) is 2. The van der Waals surface area contributed by atoms with E-state index in [-0.39, 0.29) is 12.1 Å². The normalized spacial score (nSPS) is 17.3. The number of H-pyrrole nitrogens is 1. The Hall–Kier alpha value is -2.76. The van der Waals surface area contributed by atoms with E-state index in [9.17, 15) is 4.79 Å². The maximum atomic E-state index is 12.6. The van der Waals surface area contributed by atoms with E-state index in [2.05, 4.69) is 33.6 Å². The quantitative estimate of drug-likeness (QED) is 0.768. The lowest BCUT2D eigenvalue weighted by Crippen LogP contribution is -2.40. The molecule has 0 radical (unpaired) electrons. The summed E-state index contributed by atoms with van der Waals surface area (Å²) in [5, 5.41) is 8.50. The number of carbonyl (C=O) groups excluding carboxylic acids is 1. The number of urea groups is 1. The number of aromatic nitrogens is 3. The van der Waals surface area contributed by atoms with Gasteiger partial charge in [-0.1, -0.05) is 18.2 Å². The molecule has 1 aromatic carbocycles. The standard InChI is InChI=1S/C19H23N5O/c1-23-13-15(12-21-23)18-7-4-10-24(18)19(25)20-9-8-16-11-14-5-2-3-6-17(14)22-16/h2-3,5-6,11-13,18,22H,4,7-10H2,1H3,(H,20,25)/t18-/m1/s1. The molecule has 25 heavy (non-hydrogen) atoms. The van der Waals surface area contributed by atoms with Gasteiger partial charge in [0.25, 0.3) is 0 Å². The van der Waals surface area contributed by atoms with Crippen LogP contribution in [0.25, 0.3) is 10.9 Å². The number of rotatable bonds is 4. The van der Waals surface area contributed by atoms with E-state index in [1.807, 2.05) is 36.5 Å². The molecule has 1 saturated heterocycles. The van der Waals surface area contributed by atoms with E-state index in [0.29, 0.717) is 6.54 Å². The minimum absolute atomic E-state index is 0.0162. The van der Waals surface area contributed by atoms with Gasteiger partial charge in [0.2, 0.25) is 0 Å². The van der Waals surface area contributed by atoms with Crippen LogP contribution < -0.4 is 5.32 Å². The Balaban J connectivity index is 1.35. The lowest BCUT2D eigenvalue weighted by Gasteiger charge is -2.24. The first-order valence-corrected chi connectivity index (χ1v) is 8.80. The number of amides is 2. The van der Waals surface area contributed by atoms with Crippen molar-refractivity contribution in [2.45, 2.75) is 25.3 Å². The molecule has 6 nitrogen and oxygen atoms in total. The summed E-state index contributed by atoms with van der Waals surface area (Å²) >= 11 is 0. The summed E-state index contributed by atoms with van der Waals surface area (Å²) in [5.74, 6) is 0. The largest absolute Gasteiger partial charge is 0.358 e. The highest BCUT2D eigenvalue weighted by atomic mass is 16.2. The number of nitrogens with zero attached hydrogens (tertiary/aromatic N) is 3. The molecule has 2 amide bonds. The van der Waals surface area contributed by atoms with Gasteiger partial charge in [-0.25, -0.2) is 4.79 Å². The van der Waals surface area contributed by atoms with Gasteiger partial charge in [0.1, 0.15) is 0 Å². The minimum atomic E-state index is 0.0162. The number of para-hydroxylation sites is 1. The van der Waals surface area contributed by atoms with Gasteiger partial charge in [0, 0.05) is 49.5 Å². The van der Waals surface area contributed by atoms with Crippen molar-refractivity contribution in [1.29, 1.82) is 0 Å². The molecule has 6 heteroatoms. The lowest BCUT2D eigenvalue weighted by atomic mass is 10.1. The molecule has 1 aliphatic rings. The molecule has 2 aromatic heterocycles. The second kappa shape index (κ2) is 6.63. The predicted molar refractivity (Wildman–Crippen MR) is 97.3 cm³/mol. The Morgan fingerprint density at radius 3 is 3.08 bits per heavy atom. The SMILES string of the molecule is Cn1cc([C@H]2CCCN2C(=O)NCCc2cc3ccccc3[nH]2)cn1. The summed E-state index contributed by atoms with van der Waals surface area (Å²) in [6.45, 7) is 1.43. The van der Waals surface area contributed by atoms with Gasteiger partial charge in [-0.3, -0.25) is 4.68 Å². The molecule has 0 spiro atoms. The average molecular weight is 337 g/mol. The van der Waals surface area contributed by atoms with Gasteiger partial charge in [0.15, 0.2) is 0 Å². The molecule has 3 heterocycles. The van der Waals surface area contributed by atoms with Crippen LogP contribution in [0, 0.1) is 0 Å². The third-order valence-electron chi connectivity index (χ3n) is 4.88. The molecule has 1 aliphatic heterocycles. The highest BCUT2D eigenvalue weighted by Gasteiger charge is 2.30. The van der Waals surface area contributed by atoms with Crippen LogP contribution in [0.4, 0.5) is 4.79 Å². The third kappa shape index (κ3) is 3.24. The van der Waals surface area contributed by atoms with Crippen LogP contribution in [0.5, 0.6) is 0 Å². The van der Waals surface area contributed by atoms with Crippen molar-refractivity contribution in [3.05, 3.63) is 54.0 Å². The molecule has 1 atom stereocenters. The fourth-order valence-electron chi connectivity index (χ4n) is 3.64. The van der Waals surface area contributed by atoms with E-state index >= 15 is 0 Å². The Morgan fingerprint density at radius 2 is 2.28 bits per heavy atom. The second-order valence-electron chi connectivity index (χ2n) is 6.66. The fraction of sp³-hybridized carbons (Fsp3) is 0.368. The minimum Gasteiger partial charge on any atom is -0.358 e. The summed E-state index contributed by atoms with van der Waals surface area (Å²) < 4.78 is 1.79. The number of aromatic amines is 1. The first-order chi connectivity index (χ1) is 12.2. The number of benzene rings is 1. The smallest absolute Gasteiger partial charge is 0.317 e. The summed E-state index contributed by atoms with van der Waals surface area (Å²) in [6.07, 6.45) is 6.70. The zero-order valence-corrected chi connectivity index (χ0v) is 14.4. The Bertz CT molecular complexity index is 848. The van der Waals surface area contributed by atoms with Crippen LogP contribution >= 0.6 is 0 Å².